The molecule has 4 rings (SSSR count). The summed E-state index contributed by atoms with van der Waals surface area (Å²) in [5.41, 5.74) is 2.52. The SMILES string of the molecule is O=C(c1cccc(F)c1)N(Cc1ccccc1)C[C@H]1CC(c2cccc(F)c2)=NO1. The number of carbonyl (C=O) groups is 1. The van der Waals surface area contributed by atoms with Crippen molar-refractivity contribution in [1.29, 1.82) is 0 Å². The van der Waals surface area contributed by atoms with E-state index in [2.05, 4.69) is 5.16 Å². The Hall–Kier alpha value is -3.54. The predicted octanol–water partition coefficient (Wildman–Crippen LogP) is 4.80. The topological polar surface area (TPSA) is 41.9 Å². The molecule has 1 aliphatic heterocycles. The minimum absolute atomic E-state index is 0.270. The average molecular weight is 406 g/mol. The van der Waals surface area contributed by atoms with Gasteiger partial charge in [-0.15, -0.1) is 0 Å². The molecule has 3 aromatic carbocycles. The van der Waals surface area contributed by atoms with Crippen molar-refractivity contribution in [3.63, 3.8) is 0 Å². The van der Waals surface area contributed by atoms with E-state index in [0.717, 1.165) is 5.56 Å². The van der Waals surface area contributed by atoms with Crippen molar-refractivity contribution < 1.29 is 18.4 Å². The first-order valence-electron chi connectivity index (χ1n) is 9.66. The zero-order valence-electron chi connectivity index (χ0n) is 16.2. The highest BCUT2D eigenvalue weighted by Gasteiger charge is 2.27. The van der Waals surface area contributed by atoms with Crippen LogP contribution in [0.15, 0.2) is 84.0 Å². The van der Waals surface area contributed by atoms with E-state index in [1.54, 1.807) is 23.1 Å². The zero-order chi connectivity index (χ0) is 20.9. The Kier molecular flexibility index (Phi) is 5.84. The number of amides is 1. The summed E-state index contributed by atoms with van der Waals surface area (Å²) in [7, 11) is 0. The zero-order valence-corrected chi connectivity index (χ0v) is 16.2. The summed E-state index contributed by atoms with van der Waals surface area (Å²) >= 11 is 0. The molecular weight excluding hydrogens is 386 g/mol. The minimum atomic E-state index is -0.464. The lowest BCUT2D eigenvalue weighted by atomic mass is 10.0. The quantitative estimate of drug-likeness (QED) is 0.590. The highest BCUT2D eigenvalue weighted by Crippen LogP contribution is 2.20. The summed E-state index contributed by atoms with van der Waals surface area (Å²) in [6, 6.07) is 21.4. The van der Waals surface area contributed by atoms with Gasteiger partial charge >= 0.3 is 0 Å². The maximum absolute atomic E-state index is 13.6. The van der Waals surface area contributed by atoms with Crippen LogP contribution in [0.2, 0.25) is 0 Å². The van der Waals surface area contributed by atoms with E-state index in [1.807, 2.05) is 30.3 Å². The third-order valence-corrected chi connectivity index (χ3v) is 4.89. The van der Waals surface area contributed by atoms with Crippen molar-refractivity contribution >= 4 is 11.6 Å². The minimum Gasteiger partial charge on any atom is -0.390 e. The van der Waals surface area contributed by atoms with Crippen molar-refractivity contribution in [2.75, 3.05) is 6.54 Å². The van der Waals surface area contributed by atoms with E-state index in [0.29, 0.717) is 24.2 Å². The van der Waals surface area contributed by atoms with Gasteiger partial charge in [-0.05, 0) is 35.9 Å². The van der Waals surface area contributed by atoms with Crippen LogP contribution in [0.3, 0.4) is 0 Å². The fraction of sp³-hybridized carbons (Fsp3) is 0.167. The van der Waals surface area contributed by atoms with Crippen molar-refractivity contribution in [1.82, 2.24) is 4.90 Å². The molecule has 0 unspecified atom stereocenters. The standard InChI is InChI=1S/C24H20F2N2O2/c25-20-10-4-8-18(12-20)23-14-22(30-27-23)16-28(15-17-6-2-1-3-7-17)24(29)19-9-5-11-21(26)13-19/h1-13,22H,14-16H2/t22-/m1/s1. The molecule has 1 heterocycles. The van der Waals surface area contributed by atoms with Gasteiger partial charge in [0, 0.05) is 24.1 Å². The monoisotopic (exact) mass is 406 g/mol. The molecule has 30 heavy (non-hydrogen) atoms. The summed E-state index contributed by atoms with van der Waals surface area (Å²) in [4.78, 5) is 20.3. The lowest BCUT2D eigenvalue weighted by Gasteiger charge is -2.25. The van der Waals surface area contributed by atoms with Crippen LogP contribution in [-0.4, -0.2) is 29.2 Å². The molecule has 0 saturated heterocycles. The first kappa shape index (κ1) is 19.8. The van der Waals surface area contributed by atoms with Crippen molar-refractivity contribution in [2.45, 2.75) is 19.1 Å². The van der Waals surface area contributed by atoms with Crippen molar-refractivity contribution in [3.8, 4) is 0 Å². The van der Waals surface area contributed by atoms with Crippen LogP contribution in [0.4, 0.5) is 8.78 Å². The Morgan fingerprint density at radius 3 is 2.43 bits per heavy atom. The molecule has 1 aliphatic rings. The predicted molar refractivity (Wildman–Crippen MR) is 110 cm³/mol. The highest BCUT2D eigenvalue weighted by atomic mass is 19.1. The van der Waals surface area contributed by atoms with Gasteiger partial charge < -0.3 is 9.74 Å². The van der Waals surface area contributed by atoms with Gasteiger partial charge in [0.2, 0.25) is 0 Å². The van der Waals surface area contributed by atoms with Crippen LogP contribution in [0.5, 0.6) is 0 Å². The molecule has 0 spiro atoms. The van der Waals surface area contributed by atoms with E-state index in [1.165, 1.54) is 30.3 Å². The van der Waals surface area contributed by atoms with Crippen LogP contribution in [0.25, 0.3) is 0 Å². The van der Waals surface area contributed by atoms with Gasteiger partial charge in [-0.1, -0.05) is 53.7 Å². The van der Waals surface area contributed by atoms with Gasteiger partial charge in [0.15, 0.2) is 6.10 Å². The highest BCUT2D eigenvalue weighted by molar-refractivity contribution is 6.01. The van der Waals surface area contributed by atoms with Gasteiger partial charge in [0.25, 0.3) is 5.91 Å². The summed E-state index contributed by atoms with van der Waals surface area (Å²) in [6.07, 6.45) is 0.0787. The van der Waals surface area contributed by atoms with Gasteiger partial charge in [-0.2, -0.15) is 0 Å². The molecule has 0 N–H and O–H groups in total. The average Bonchev–Trinajstić information content (AvgIpc) is 3.22. The Bertz CT molecular complexity index is 1070. The first-order chi connectivity index (χ1) is 14.6. The van der Waals surface area contributed by atoms with Crippen molar-refractivity contribution in [3.05, 3.63) is 107 Å². The maximum Gasteiger partial charge on any atom is 0.254 e. The summed E-state index contributed by atoms with van der Waals surface area (Å²) < 4.78 is 27.2. The van der Waals surface area contributed by atoms with Gasteiger partial charge in [0.1, 0.15) is 11.6 Å². The van der Waals surface area contributed by atoms with Gasteiger partial charge in [0.05, 0.1) is 12.3 Å². The normalized spacial score (nSPS) is 15.4. The number of hydrogen-bond acceptors (Lipinski definition) is 3. The summed E-state index contributed by atoms with van der Waals surface area (Å²) in [5, 5.41) is 4.09. The van der Waals surface area contributed by atoms with E-state index in [4.69, 9.17) is 4.84 Å². The first-order valence-corrected chi connectivity index (χ1v) is 9.66. The Labute approximate surface area is 173 Å². The van der Waals surface area contributed by atoms with E-state index >= 15 is 0 Å². The smallest absolute Gasteiger partial charge is 0.254 e. The number of hydrogen-bond donors (Lipinski definition) is 0. The second-order valence-corrected chi connectivity index (χ2v) is 7.16. The molecule has 0 radical (unpaired) electrons. The van der Waals surface area contributed by atoms with Gasteiger partial charge in [-0.3, -0.25) is 4.79 Å². The Morgan fingerprint density at radius 2 is 1.70 bits per heavy atom. The van der Waals surface area contributed by atoms with Crippen molar-refractivity contribution in [2.24, 2.45) is 5.16 Å². The number of rotatable bonds is 6. The number of benzene rings is 3. The molecule has 0 fully saturated rings. The number of carbonyl (C=O) groups excluding carboxylic acids is 1. The molecule has 1 amide bonds. The second-order valence-electron chi connectivity index (χ2n) is 7.16. The fourth-order valence-electron chi connectivity index (χ4n) is 3.44. The van der Waals surface area contributed by atoms with E-state index in [9.17, 15) is 13.6 Å². The van der Waals surface area contributed by atoms with Crippen LogP contribution in [-0.2, 0) is 11.4 Å². The van der Waals surface area contributed by atoms with E-state index in [-0.39, 0.29) is 29.9 Å². The molecule has 3 aromatic rings. The molecule has 152 valence electrons. The Morgan fingerprint density at radius 1 is 0.967 bits per heavy atom. The summed E-state index contributed by atoms with van der Waals surface area (Å²) in [6.45, 7) is 0.623. The maximum atomic E-state index is 13.6. The molecule has 0 aliphatic carbocycles. The second kappa shape index (κ2) is 8.86. The lowest BCUT2D eigenvalue weighted by Crippen LogP contribution is -2.37. The third kappa shape index (κ3) is 4.71. The molecule has 0 saturated carbocycles. The van der Waals surface area contributed by atoms with E-state index < -0.39 is 5.82 Å². The molecule has 0 aromatic heterocycles. The fourth-order valence-corrected chi connectivity index (χ4v) is 3.44. The van der Waals surface area contributed by atoms with Gasteiger partial charge in [-0.25, -0.2) is 8.78 Å². The van der Waals surface area contributed by atoms with Crippen LogP contribution in [0.1, 0.15) is 27.9 Å². The third-order valence-electron chi connectivity index (χ3n) is 4.89. The number of nitrogens with zero attached hydrogens (tertiary/aromatic N) is 2. The van der Waals surface area contributed by atoms with Crippen LogP contribution >= 0.6 is 0 Å². The number of halogens is 2. The largest absolute Gasteiger partial charge is 0.390 e. The molecule has 4 nitrogen and oxygen atoms in total. The molecule has 1 atom stereocenters. The molecule has 0 bridgehead atoms. The number of oxime groups is 1. The molecular formula is C24H20F2N2O2. The Balaban J connectivity index is 1.51. The van der Waals surface area contributed by atoms with Crippen LogP contribution in [0, 0.1) is 11.6 Å². The molecule has 6 heteroatoms. The summed E-state index contributed by atoms with van der Waals surface area (Å²) in [5.74, 6) is -1.10. The van der Waals surface area contributed by atoms with Crippen LogP contribution < -0.4 is 0 Å². The lowest BCUT2D eigenvalue weighted by molar-refractivity contribution is 0.0405.